The number of para-hydroxylation sites is 1. The van der Waals surface area contributed by atoms with Crippen molar-refractivity contribution < 1.29 is 23.8 Å². The summed E-state index contributed by atoms with van der Waals surface area (Å²) in [5.74, 6) is 0.203. The van der Waals surface area contributed by atoms with Crippen molar-refractivity contribution in [1.29, 1.82) is 0 Å². The highest BCUT2D eigenvalue weighted by atomic mass is 16.6. The van der Waals surface area contributed by atoms with Crippen LogP contribution in [0.15, 0.2) is 71.8 Å². The second-order valence-electron chi connectivity index (χ2n) is 6.22. The maximum atomic E-state index is 12.0. The molecule has 7 heteroatoms. The molecule has 0 aromatic heterocycles. The Labute approximate surface area is 174 Å². The second-order valence-corrected chi connectivity index (χ2v) is 6.22. The van der Waals surface area contributed by atoms with Gasteiger partial charge in [0.05, 0.1) is 12.8 Å². The first-order valence-corrected chi connectivity index (χ1v) is 9.46. The maximum absolute atomic E-state index is 12.0. The van der Waals surface area contributed by atoms with Crippen LogP contribution in [0.5, 0.6) is 11.5 Å². The summed E-state index contributed by atoms with van der Waals surface area (Å²) in [6, 6.07) is 20.6. The maximum Gasteiger partial charge on any atom is 0.344 e. The molecule has 0 fully saturated rings. The van der Waals surface area contributed by atoms with Crippen molar-refractivity contribution in [3.63, 3.8) is 0 Å². The van der Waals surface area contributed by atoms with Crippen molar-refractivity contribution in [2.45, 2.75) is 6.92 Å². The molecule has 0 radical (unpaired) electrons. The van der Waals surface area contributed by atoms with Crippen molar-refractivity contribution in [2.75, 3.05) is 19.8 Å². The molecule has 1 N–H and O–H groups in total. The molecule has 0 atom stereocenters. The molecule has 0 aliphatic heterocycles. The lowest BCUT2D eigenvalue weighted by Crippen LogP contribution is -2.24. The molecule has 3 rings (SSSR count). The zero-order valence-corrected chi connectivity index (χ0v) is 16.5. The Morgan fingerprint density at radius 3 is 2.53 bits per heavy atom. The minimum Gasteiger partial charge on any atom is -0.484 e. The number of hydrazone groups is 1. The number of amides is 1. The number of rotatable bonds is 9. The van der Waals surface area contributed by atoms with E-state index in [-0.39, 0.29) is 13.2 Å². The van der Waals surface area contributed by atoms with Crippen LogP contribution in [0.3, 0.4) is 0 Å². The fourth-order valence-corrected chi connectivity index (χ4v) is 2.67. The number of hydrogen-bond acceptors (Lipinski definition) is 6. The summed E-state index contributed by atoms with van der Waals surface area (Å²) in [4.78, 5) is 23.4. The van der Waals surface area contributed by atoms with E-state index >= 15 is 0 Å². The number of benzene rings is 3. The normalized spacial score (nSPS) is 10.7. The third kappa shape index (κ3) is 6.07. The minimum atomic E-state index is -0.455. The number of nitrogens with one attached hydrogen (secondary N) is 1. The first kappa shape index (κ1) is 20.9. The van der Waals surface area contributed by atoms with Gasteiger partial charge in [0, 0.05) is 5.56 Å². The Kier molecular flexibility index (Phi) is 7.38. The highest BCUT2D eigenvalue weighted by Crippen LogP contribution is 2.20. The predicted molar refractivity (Wildman–Crippen MR) is 114 cm³/mol. The van der Waals surface area contributed by atoms with Crippen LogP contribution in [0, 0.1) is 0 Å². The van der Waals surface area contributed by atoms with E-state index in [9.17, 15) is 9.59 Å². The van der Waals surface area contributed by atoms with E-state index in [0.717, 1.165) is 10.8 Å². The van der Waals surface area contributed by atoms with E-state index in [0.29, 0.717) is 23.7 Å². The molecule has 0 heterocycles. The predicted octanol–water partition coefficient (Wildman–Crippen LogP) is 3.31. The molecular weight excluding hydrogens is 384 g/mol. The highest BCUT2D eigenvalue weighted by molar-refractivity contribution is 5.86. The Morgan fingerprint density at radius 2 is 1.70 bits per heavy atom. The molecule has 154 valence electrons. The summed E-state index contributed by atoms with van der Waals surface area (Å²) in [6.45, 7) is 1.64. The molecule has 0 bridgehead atoms. The average molecular weight is 406 g/mol. The Bertz CT molecular complexity index is 1050. The van der Waals surface area contributed by atoms with Crippen molar-refractivity contribution >= 4 is 28.9 Å². The van der Waals surface area contributed by atoms with Crippen LogP contribution in [0.1, 0.15) is 12.5 Å². The third-order valence-corrected chi connectivity index (χ3v) is 4.05. The summed E-state index contributed by atoms with van der Waals surface area (Å²) in [5, 5.41) is 6.06. The summed E-state index contributed by atoms with van der Waals surface area (Å²) in [6.07, 6.45) is 1.44. The van der Waals surface area contributed by atoms with Crippen molar-refractivity contribution in [1.82, 2.24) is 5.43 Å². The number of esters is 1. The van der Waals surface area contributed by atoms with Gasteiger partial charge in [0.1, 0.15) is 11.5 Å². The molecule has 3 aromatic carbocycles. The zero-order valence-electron chi connectivity index (χ0n) is 16.5. The van der Waals surface area contributed by atoms with Gasteiger partial charge < -0.3 is 14.2 Å². The quantitative estimate of drug-likeness (QED) is 0.335. The summed E-state index contributed by atoms with van der Waals surface area (Å²) in [5.41, 5.74) is 3.02. The first-order chi connectivity index (χ1) is 14.7. The number of ether oxygens (including phenoxy) is 3. The number of nitrogens with zero attached hydrogens (tertiary/aromatic N) is 1. The lowest BCUT2D eigenvalue weighted by molar-refractivity contribution is -0.145. The van der Waals surface area contributed by atoms with Crippen LogP contribution in [-0.4, -0.2) is 37.9 Å². The van der Waals surface area contributed by atoms with Gasteiger partial charge in [-0.2, -0.15) is 5.10 Å². The van der Waals surface area contributed by atoms with E-state index in [1.54, 1.807) is 31.2 Å². The first-order valence-electron chi connectivity index (χ1n) is 9.46. The second kappa shape index (κ2) is 10.6. The summed E-state index contributed by atoms with van der Waals surface area (Å²) < 4.78 is 15.8. The van der Waals surface area contributed by atoms with Crippen LogP contribution >= 0.6 is 0 Å². The van der Waals surface area contributed by atoms with Gasteiger partial charge in [-0.1, -0.05) is 42.5 Å². The summed E-state index contributed by atoms with van der Waals surface area (Å²) in [7, 11) is 0. The molecule has 7 nitrogen and oxygen atoms in total. The van der Waals surface area contributed by atoms with E-state index in [2.05, 4.69) is 10.5 Å². The van der Waals surface area contributed by atoms with Gasteiger partial charge in [0.15, 0.2) is 13.2 Å². The van der Waals surface area contributed by atoms with Gasteiger partial charge >= 0.3 is 5.97 Å². The lowest BCUT2D eigenvalue weighted by atomic mass is 10.1. The van der Waals surface area contributed by atoms with Crippen LogP contribution in [0.4, 0.5) is 0 Å². The molecule has 0 aliphatic carbocycles. The fraction of sp³-hybridized carbons (Fsp3) is 0.174. The molecular formula is C23H22N2O5. The smallest absolute Gasteiger partial charge is 0.344 e. The van der Waals surface area contributed by atoms with E-state index in [1.165, 1.54) is 6.21 Å². The third-order valence-electron chi connectivity index (χ3n) is 4.05. The molecule has 3 aromatic rings. The largest absolute Gasteiger partial charge is 0.484 e. The molecule has 1 amide bonds. The van der Waals surface area contributed by atoms with Gasteiger partial charge in [-0.3, -0.25) is 4.79 Å². The van der Waals surface area contributed by atoms with Crippen molar-refractivity contribution in [3.05, 3.63) is 72.3 Å². The Morgan fingerprint density at radius 1 is 0.933 bits per heavy atom. The lowest BCUT2D eigenvalue weighted by Gasteiger charge is -2.08. The molecule has 30 heavy (non-hydrogen) atoms. The Balaban J connectivity index is 1.51. The number of fused-ring (bicyclic) bond motifs is 1. The molecule has 0 saturated heterocycles. The van der Waals surface area contributed by atoms with E-state index in [4.69, 9.17) is 14.2 Å². The topological polar surface area (TPSA) is 86.2 Å². The molecule has 0 spiro atoms. The average Bonchev–Trinajstić information content (AvgIpc) is 2.77. The SMILES string of the molecule is CCOC(=O)COc1ccccc1/C=N/NC(=O)COc1ccc2ccccc2c1. The molecule has 0 unspecified atom stereocenters. The number of carbonyl (C=O) groups excluding carboxylic acids is 2. The van der Waals surface area contributed by atoms with Crippen LogP contribution in [0.2, 0.25) is 0 Å². The van der Waals surface area contributed by atoms with Gasteiger partial charge in [0.25, 0.3) is 5.91 Å². The van der Waals surface area contributed by atoms with Crippen LogP contribution in [0.25, 0.3) is 10.8 Å². The monoisotopic (exact) mass is 406 g/mol. The number of carbonyl (C=O) groups is 2. The highest BCUT2D eigenvalue weighted by Gasteiger charge is 2.06. The molecule has 0 saturated carbocycles. The summed E-state index contributed by atoms with van der Waals surface area (Å²) >= 11 is 0. The van der Waals surface area contributed by atoms with Crippen molar-refractivity contribution in [2.24, 2.45) is 5.10 Å². The molecule has 0 aliphatic rings. The standard InChI is InChI=1S/C23H22N2O5/c1-2-28-23(27)16-30-21-10-6-5-9-19(21)14-24-25-22(26)15-29-20-12-11-17-7-3-4-8-18(17)13-20/h3-14H,2,15-16H2,1H3,(H,25,26)/b24-14+. The van der Waals surface area contributed by atoms with Crippen LogP contribution < -0.4 is 14.9 Å². The van der Waals surface area contributed by atoms with Gasteiger partial charge in [-0.25, -0.2) is 10.2 Å². The fourth-order valence-electron chi connectivity index (χ4n) is 2.67. The number of hydrogen-bond donors (Lipinski definition) is 1. The Hall–Kier alpha value is -3.87. The van der Waals surface area contributed by atoms with E-state index < -0.39 is 11.9 Å². The minimum absolute atomic E-state index is 0.170. The van der Waals surface area contributed by atoms with Crippen LogP contribution in [-0.2, 0) is 14.3 Å². The van der Waals surface area contributed by atoms with Crippen molar-refractivity contribution in [3.8, 4) is 11.5 Å². The zero-order chi connectivity index (χ0) is 21.2. The van der Waals surface area contributed by atoms with Gasteiger partial charge in [-0.15, -0.1) is 0 Å². The van der Waals surface area contributed by atoms with E-state index in [1.807, 2.05) is 42.5 Å². The van der Waals surface area contributed by atoms with Gasteiger partial charge in [-0.05, 0) is 42.0 Å². The van der Waals surface area contributed by atoms with Gasteiger partial charge in [0.2, 0.25) is 0 Å².